The molecule has 2 aromatic rings. The summed E-state index contributed by atoms with van der Waals surface area (Å²) in [5, 5.41) is 0.702. The van der Waals surface area contributed by atoms with Crippen molar-refractivity contribution in [3.05, 3.63) is 41.4 Å². The van der Waals surface area contributed by atoms with Gasteiger partial charge in [-0.25, -0.2) is 4.98 Å². The SMILES string of the molecule is CN(C)C(=O)C1CCN(Cc2ncc(-c3ccc(Cl)cc3)o2)CC1. The number of nitrogens with zero attached hydrogens (tertiary/aromatic N) is 3. The van der Waals surface area contributed by atoms with Crippen LogP contribution in [0.5, 0.6) is 0 Å². The maximum absolute atomic E-state index is 12.0. The molecule has 1 fully saturated rings. The van der Waals surface area contributed by atoms with Crippen LogP contribution in [0.1, 0.15) is 18.7 Å². The van der Waals surface area contributed by atoms with Crippen LogP contribution >= 0.6 is 11.6 Å². The third kappa shape index (κ3) is 3.97. The van der Waals surface area contributed by atoms with Gasteiger partial charge in [0, 0.05) is 30.6 Å². The Bertz CT molecular complexity index is 689. The second-order valence-corrected chi connectivity index (χ2v) is 6.84. The highest BCUT2D eigenvalue weighted by molar-refractivity contribution is 6.30. The molecule has 0 aliphatic carbocycles. The van der Waals surface area contributed by atoms with Gasteiger partial charge in [-0.15, -0.1) is 0 Å². The average molecular weight is 348 g/mol. The van der Waals surface area contributed by atoms with E-state index in [0.29, 0.717) is 17.5 Å². The molecule has 0 spiro atoms. The number of benzene rings is 1. The van der Waals surface area contributed by atoms with Gasteiger partial charge in [-0.1, -0.05) is 11.6 Å². The molecule has 128 valence electrons. The lowest BCUT2D eigenvalue weighted by molar-refractivity contribution is -0.134. The smallest absolute Gasteiger partial charge is 0.225 e. The van der Waals surface area contributed by atoms with E-state index >= 15 is 0 Å². The summed E-state index contributed by atoms with van der Waals surface area (Å²) in [6.45, 7) is 2.46. The average Bonchev–Trinajstić information content (AvgIpc) is 3.04. The van der Waals surface area contributed by atoms with Crippen molar-refractivity contribution in [3.8, 4) is 11.3 Å². The lowest BCUT2D eigenvalue weighted by Gasteiger charge is -2.31. The van der Waals surface area contributed by atoms with Crippen molar-refractivity contribution >= 4 is 17.5 Å². The van der Waals surface area contributed by atoms with Crippen molar-refractivity contribution in [2.75, 3.05) is 27.2 Å². The fourth-order valence-corrected chi connectivity index (χ4v) is 3.15. The van der Waals surface area contributed by atoms with Gasteiger partial charge in [0.15, 0.2) is 5.76 Å². The summed E-state index contributed by atoms with van der Waals surface area (Å²) >= 11 is 5.91. The van der Waals surface area contributed by atoms with Gasteiger partial charge in [0.1, 0.15) is 0 Å². The van der Waals surface area contributed by atoms with E-state index in [1.54, 1.807) is 11.1 Å². The summed E-state index contributed by atoms with van der Waals surface area (Å²) in [4.78, 5) is 20.4. The van der Waals surface area contributed by atoms with Crippen LogP contribution in [0.15, 0.2) is 34.9 Å². The Balaban J connectivity index is 1.56. The van der Waals surface area contributed by atoms with E-state index in [1.165, 1.54) is 0 Å². The normalized spacial score (nSPS) is 16.3. The van der Waals surface area contributed by atoms with Gasteiger partial charge in [-0.05, 0) is 50.2 Å². The fraction of sp³-hybridized carbons (Fsp3) is 0.444. The summed E-state index contributed by atoms with van der Waals surface area (Å²) in [6.07, 6.45) is 3.53. The van der Waals surface area contributed by atoms with E-state index in [1.807, 2.05) is 38.4 Å². The lowest BCUT2D eigenvalue weighted by atomic mass is 9.95. The highest BCUT2D eigenvalue weighted by Crippen LogP contribution is 2.24. The first-order valence-corrected chi connectivity index (χ1v) is 8.55. The molecule has 0 saturated carbocycles. The summed E-state index contributed by atoms with van der Waals surface area (Å²) < 4.78 is 5.85. The Morgan fingerprint density at radius 2 is 1.96 bits per heavy atom. The van der Waals surface area contributed by atoms with E-state index in [2.05, 4.69) is 9.88 Å². The molecule has 24 heavy (non-hydrogen) atoms. The molecule has 2 heterocycles. The summed E-state index contributed by atoms with van der Waals surface area (Å²) in [5.41, 5.74) is 0.966. The molecule has 3 rings (SSSR count). The molecule has 6 heteroatoms. The van der Waals surface area contributed by atoms with E-state index < -0.39 is 0 Å². The minimum atomic E-state index is 0.144. The molecule has 1 aromatic heterocycles. The van der Waals surface area contributed by atoms with Gasteiger partial charge in [-0.2, -0.15) is 0 Å². The zero-order valence-electron chi connectivity index (χ0n) is 14.0. The van der Waals surface area contributed by atoms with Crippen LogP contribution in [0, 0.1) is 5.92 Å². The Morgan fingerprint density at radius 3 is 2.58 bits per heavy atom. The second kappa shape index (κ2) is 7.36. The highest BCUT2D eigenvalue weighted by atomic mass is 35.5. The van der Waals surface area contributed by atoms with Gasteiger partial charge in [-0.3, -0.25) is 9.69 Å². The van der Waals surface area contributed by atoms with Crippen molar-refractivity contribution in [2.24, 2.45) is 5.92 Å². The summed E-state index contributed by atoms with van der Waals surface area (Å²) in [7, 11) is 3.64. The van der Waals surface area contributed by atoms with E-state index in [9.17, 15) is 4.79 Å². The number of carbonyl (C=O) groups is 1. The van der Waals surface area contributed by atoms with Gasteiger partial charge in [0.2, 0.25) is 11.8 Å². The number of piperidine rings is 1. The molecule has 0 radical (unpaired) electrons. The second-order valence-electron chi connectivity index (χ2n) is 6.41. The van der Waals surface area contributed by atoms with Crippen LogP contribution in [0.4, 0.5) is 0 Å². The third-order valence-electron chi connectivity index (χ3n) is 4.42. The van der Waals surface area contributed by atoms with Crippen molar-refractivity contribution in [3.63, 3.8) is 0 Å². The van der Waals surface area contributed by atoms with E-state index in [4.69, 9.17) is 16.0 Å². The van der Waals surface area contributed by atoms with Crippen molar-refractivity contribution < 1.29 is 9.21 Å². The number of rotatable bonds is 4. The van der Waals surface area contributed by atoms with Gasteiger partial charge >= 0.3 is 0 Å². The maximum Gasteiger partial charge on any atom is 0.225 e. The molecule has 1 aliphatic rings. The number of hydrogen-bond acceptors (Lipinski definition) is 4. The number of carbonyl (C=O) groups excluding carboxylic acids is 1. The molecule has 1 amide bonds. The van der Waals surface area contributed by atoms with Gasteiger partial charge in [0.25, 0.3) is 0 Å². The Labute approximate surface area is 147 Å². The van der Waals surface area contributed by atoms with Crippen LogP contribution in [-0.2, 0) is 11.3 Å². The van der Waals surface area contributed by atoms with Crippen LogP contribution in [0.2, 0.25) is 5.02 Å². The first kappa shape index (κ1) is 17.0. The van der Waals surface area contributed by atoms with Gasteiger partial charge < -0.3 is 9.32 Å². The van der Waals surface area contributed by atoms with Crippen LogP contribution < -0.4 is 0 Å². The quantitative estimate of drug-likeness (QED) is 0.851. The van der Waals surface area contributed by atoms with E-state index in [0.717, 1.165) is 37.3 Å². The molecule has 0 atom stereocenters. The number of likely N-dealkylation sites (tertiary alicyclic amines) is 1. The largest absolute Gasteiger partial charge is 0.439 e. The maximum atomic E-state index is 12.0. The first-order valence-electron chi connectivity index (χ1n) is 8.17. The molecular weight excluding hydrogens is 326 g/mol. The Kier molecular flexibility index (Phi) is 5.21. The standard InChI is InChI=1S/C18H22ClN3O2/c1-21(2)18(23)14-7-9-22(10-8-14)12-17-20-11-16(24-17)13-3-5-15(19)6-4-13/h3-6,11,14H,7-10,12H2,1-2H3. The molecule has 0 bridgehead atoms. The summed E-state index contributed by atoms with van der Waals surface area (Å²) in [5.74, 6) is 1.83. The predicted molar refractivity (Wildman–Crippen MR) is 93.6 cm³/mol. The number of amides is 1. The van der Waals surface area contributed by atoms with E-state index in [-0.39, 0.29) is 11.8 Å². The molecule has 1 aromatic carbocycles. The van der Waals surface area contributed by atoms with Crippen LogP contribution in [0.3, 0.4) is 0 Å². The molecule has 1 aliphatic heterocycles. The minimum Gasteiger partial charge on any atom is -0.439 e. The number of oxazole rings is 1. The van der Waals surface area contributed by atoms with Crippen molar-refractivity contribution in [1.82, 2.24) is 14.8 Å². The molecular formula is C18H22ClN3O2. The number of halogens is 1. The zero-order chi connectivity index (χ0) is 17.1. The molecule has 0 unspecified atom stereocenters. The lowest BCUT2D eigenvalue weighted by Crippen LogP contribution is -2.39. The molecule has 5 nitrogen and oxygen atoms in total. The predicted octanol–water partition coefficient (Wildman–Crippen LogP) is 3.30. The summed E-state index contributed by atoms with van der Waals surface area (Å²) in [6, 6.07) is 7.52. The monoisotopic (exact) mass is 347 g/mol. The number of aromatic nitrogens is 1. The van der Waals surface area contributed by atoms with Crippen LogP contribution in [0.25, 0.3) is 11.3 Å². The Morgan fingerprint density at radius 1 is 1.29 bits per heavy atom. The third-order valence-corrected chi connectivity index (χ3v) is 4.67. The fourth-order valence-electron chi connectivity index (χ4n) is 3.03. The van der Waals surface area contributed by atoms with Crippen LogP contribution in [-0.4, -0.2) is 47.9 Å². The van der Waals surface area contributed by atoms with Crippen molar-refractivity contribution in [1.29, 1.82) is 0 Å². The highest BCUT2D eigenvalue weighted by Gasteiger charge is 2.26. The Hall–Kier alpha value is -1.85. The van der Waals surface area contributed by atoms with Gasteiger partial charge in [0.05, 0.1) is 12.7 Å². The first-order chi connectivity index (χ1) is 11.5. The zero-order valence-corrected chi connectivity index (χ0v) is 14.8. The van der Waals surface area contributed by atoms with Crippen molar-refractivity contribution in [2.45, 2.75) is 19.4 Å². The topological polar surface area (TPSA) is 49.6 Å². The minimum absolute atomic E-state index is 0.144. The molecule has 0 N–H and O–H groups in total. The molecule has 1 saturated heterocycles. The number of hydrogen-bond donors (Lipinski definition) is 0.